The molecule has 57 heavy (non-hydrogen) atoms. The minimum absolute atomic E-state index is 0.239. The van der Waals surface area contributed by atoms with Gasteiger partial charge in [-0.15, -0.1) is 0 Å². The molecule has 9 aromatic carbocycles. The highest BCUT2D eigenvalue weighted by Crippen LogP contribution is 2.57. The van der Waals surface area contributed by atoms with Crippen molar-refractivity contribution >= 4 is 66.4 Å². The summed E-state index contributed by atoms with van der Waals surface area (Å²) in [5.74, 6) is 0. The van der Waals surface area contributed by atoms with Gasteiger partial charge in [-0.1, -0.05) is 133 Å². The monoisotopic (exact) mass is 734 g/mol. The number of aryl methyl sites for hydroxylation is 4. The van der Waals surface area contributed by atoms with Gasteiger partial charge in [-0.05, 0) is 155 Å². The van der Waals surface area contributed by atoms with Crippen molar-refractivity contribution in [1.29, 1.82) is 0 Å². The van der Waals surface area contributed by atoms with Gasteiger partial charge in [0.15, 0.2) is 0 Å². The summed E-state index contributed by atoms with van der Waals surface area (Å²) in [5, 5.41) is 7.75. The Morgan fingerprint density at radius 3 is 1.25 bits per heavy atom. The lowest BCUT2D eigenvalue weighted by Crippen LogP contribution is -2.16. The molecule has 0 fully saturated rings. The first-order chi connectivity index (χ1) is 27.7. The molecule has 0 bridgehead atoms. The molecule has 0 aromatic heterocycles. The predicted molar refractivity (Wildman–Crippen MR) is 245 cm³/mol. The van der Waals surface area contributed by atoms with Crippen molar-refractivity contribution in [2.45, 2.75) is 47.0 Å². The lowest BCUT2D eigenvalue weighted by molar-refractivity contribution is 0.672. The fourth-order valence-corrected chi connectivity index (χ4v) is 9.38. The van der Waals surface area contributed by atoms with Crippen molar-refractivity contribution in [3.8, 4) is 11.1 Å². The van der Waals surface area contributed by atoms with E-state index in [4.69, 9.17) is 0 Å². The van der Waals surface area contributed by atoms with Crippen LogP contribution in [0.15, 0.2) is 170 Å². The Morgan fingerprint density at radius 2 is 0.754 bits per heavy atom. The number of nitrogens with zero attached hydrogens (tertiary/aromatic N) is 2. The Balaban J connectivity index is 1.16. The molecule has 0 heterocycles. The molecular formula is C55H46N2. The molecule has 0 unspecified atom stereocenters. The van der Waals surface area contributed by atoms with Crippen molar-refractivity contribution in [2.75, 3.05) is 9.80 Å². The molecule has 1 aliphatic rings. The summed E-state index contributed by atoms with van der Waals surface area (Å²) in [5.41, 5.74) is 17.2. The molecule has 0 atom stereocenters. The van der Waals surface area contributed by atoms with Crippen LogP contribution in [0.5, 0.6) is 0 Å². The van der Waals surface area contributed by atoms with Crippen LogP contribution in [0, 0.1) is 27.7 Å². The minimum Gasteiger partial charge on any atom is -0.310 e. The second kappa shape index (κ2) is 13.2. The van der Waals surface area contributed by atoms with Gasteiger partial charge in [0.2, 0.25) is 0 Å². The number of anilines is 6. The van der Waals surface area contributed by atoms with E-state index in [1.165, 1.54) is 76.8 Å². The largest absolute Gasteiger partial charge is 0.310 e. The Morgan fingerprint density at radius 1 is 0.333 bits per heavy atom. The third-order valence-electron chi connectivity index (χ3n) is 12.2. The maximum Gasteiger partial charge on any atom is 0.0468 e. The van der Waals surface area contributed by atoms with E-state index in [9.17, 15) is 0 Å². The average Bonchev–Trinajstić information content (AvgIpc) is 3.48. The minimum atomic E-state index is -0.239. The number of hydrogen-bond acceptors (Lipinski definition) is 2. The van der Waals surface area contributed by atoms with Crippen LogP contribution in [-0.2, 0) is 5.41 Å². The van der Waals surface area contributed by atoms with E-state index >= 15 is 0 Å². The lowest BCUT2D eigenvalue weighted by atomic mass is 9.77. The highest BCUT2D eigenvalue weighted by Gasteiger charge is 2.40. The van der Waals surface area contributed by atoms with Crippen LogP contribution >= 0.6 is 0 Å². The quantitative estimate of drug-likeness (QED) is 0.157. The van der Waals surface area contributed by atoms with E-state index in [-0.39, 0.29) is 5.41 Å². The molecule has 2 heteroatoms. The van der Waals surface area contributed by atoms with Gasteiger partial charge in [-0.2, -0.15) is 0 Å². The van der Waals surface area contributed by atoms with Crippen molar-refractivity contribution in [3.63, 3.8) is 0 Å². The van der Waals surface area contributed by atoms with Crippen molar-refractivity contribution < 1.29 is 0 Å². The Labute approximate surface area is 336 Å². The summed E-state index contributed by atoms with van der Waals surface area (Å²) in [6.45, 7) is 13.5. The summed E-state index contributed by atoms with van der Waals surface area (Å²) in [6, 6.07) is 63.4. The SMILES string of the molecule is Cc1ccc(N(c2ccc(C)cc2)c2ccc3c4c(ccc3c2)-c2c(c3ccc(N(c5ccc(C)cc5)c5ccc(C)cc5)cc3c3ccccc23)C4(C)C)cc1. The second-order valence-corrected chi connectivity index (χ2v) is 16.6. The fourth-order valence-electron chi connectivity index (χ4n) is 9.38. The summed E-state index contributed by atoms with van der Waals surface area (Å²) in [7, 11) is 0. The van der Waals surface area contributed by atoms with Gasteiger partial charge in [0, 0.05) is 39.5 Å². The molecule has 0 amide bonds. The Hall–Kier alpha value is -6.64. The van der Waals surface area contributed by atoms with Crippen LogP contribution < -0.4 is 9.80 Å². The summed E-state index contributed by atoms with van der Waals surface area (Å²) in [4.78, 5) is 4.77. The maximum absolute atomic E-state index is 2.43. The molecule has 0 aliphatic heterocycles. The van der Waals surface area contributed by atoms with E-state index in [0.29, 0.717) is 0 Å². The molecule has 0 radical (unpaired) electrons. The Kier molecular flexibility index (Phi) is 8.09. The molecule has 0 N–H and O–H groups in total. The van der Waals surface area contributed by atoms with Gasteiger partial charge < -0.3 is 9.80 Å². The van der Waals surface area contributed by atoms with Gasteiger partial charge >= 0.3 is 0 Å². The smallest absolute Gasteiger partial charge is 0.0468 e. The first-order valence-electron chi connectivity index (χ1n) is 20.1. The molecule has 276 valence electrons. The second-order valence-electron chi connectivity index (χ2n) is 16.6. The molecule has 10 rings (SSSR count). The highest BCUT2D eigenvalue weighted by molar-refractivity contribution is 6.20. The van der Waals surface area contributed by atoms with Crippen LogP contribution in [0.1, 0.15) is 47.2 Å². The van der Waals surface area contributed by atoms with Gasteiger partial charge in [-0.25, -0.2) is 0 Å². The highest BCUT2D eigenvalue weighted by atomic mass is 15.1. The van der Waals surface area contributed by atoms with E-state index in [1.807, 2.05) is 0 Å². The molecule has 0 spiro atoms. The fraction of sp³-hybridized carbons (Fsp3) is 0.127. The van der Waals surface area contributed by atoms with Crippen LogP contribution in [-0.4, -0.2) is 0 Å². The van der Waals surface area contributed by atoms with Crippen molar-refractivity contribution in [2.24, 2.45) is 0 Å². The van der Waals surface area contributed by atoms with Gasteiger partial charge in [0.05, 0.1) is 0 Å². The zero-order valence-corrected chi connectivity index (χ0v) is 33.6. The average molecular weight is 735 g/mol. The first kappa shape index (κ1) is 34.8. The standard InChI is InChI=1S/C55H46N2/c1-35-11-20-40(21-12-35)56(41-22-13-36(2)14-23-41)44-28-31-46-39(33-44)19-30-50-52-48-10-8-7-9-47(48)51-34-45(29-32-49(51)54(52)55(5,6)53(46)50)57(42-24-15-37(3)16-25-42)43-26-17-38(4)18-27-43/h7-34H,1-6H3. The van der Waals surface area contributed by atoms with E-state index in [0.717, 1.165) is 34.1 Å². The summed E-state index contributed by atoms with van der Waals surface area (Å²) < 4.78 is 0. The van der Waals surface area contributed by atoms with Gasteiger partial charge in [0.25, 0.3) is 0 Å². The topological polar surface area (TPSA) is 6.48 Å². The predicted octanol–water partition coefficient (Wildman–Crippen LogP) is 15.6. The Bertz CT molecular complexity index is 2900. The van der Waals surface area contributed by atoms with Crippen LogP contribution in [0.3, 0.4) is 0 Å². The van der Waals surface area contributed by atoms with E-state index < -0.39 is 0 Å². The van der Waals surface area contributed by atoms with Gasteiger partial charge in [-0.3, -0.25) is 0 Å². The molecule has 2 nitrogen and oxygen atoms in total. The zero-order chi connectivity index (χ0) is 39.0. The number of fused-ring (bicyclic) bond motifs is 10. The third kappa shape index (κ3) is 5.70. The summed E-state index contributed by atoms with van der Waals surface area (Å²) in [6.07, 6.45) is 0. The number of hydrogen-bond donors (Lipinski definition) is 0. The lowest BCUT2D eigenvalue weighted by Gasteiger charge is -2.28. The third-order valence-corrected chi connectivity index (χ3v) is 12.2. The van der Waals surface area contributed by atoms with Crippen LogP contribution in [0.4, 0.5) is 34.1 Å². The zero-order valence-electron chi connectivity index (χ0n) is 33.6. The maximum atomic E-state index is 2.43. The molecule has 0 saturated heterocycles. The first-order valence-corrected chi connectivity index (χ1v) is 20.1. The van der Waals surface area contributed by atoms with E-state index in [1.54, 1.807) is 0 Å². The van der Waals surface area contributed by atoms with Crippen LogP contribution in [0.2, 0.25) is 0 Å². The number of benzene rings is 9. The van der Waals surface area contributed by atoms with Crippen molar-refractivity contribution in [1.82, 2.24) is 0 Å². The normalized spacial score (nSPS) is 12.9. The van der Waals surface area contributed by atoms with Crippen LogP contribution in [0.25, 0.3) is 43.4 Å². The number of rotatable bonds is 6. The van der Waals surface area contributed by atoms with Gasteiger partial charge in [0.1, 0.15) is 0 Å². The molecular weight excluding hydrogens is 689 g/mol. The van der Waals surface area contributed by atoms with Crippen molar-refractivity contribution in [3.05, 3.63) is 203 Å². The van der Waals surface area contributed by atoms with E-state index in [2.05, 4.69) is 221 Å². The summed E-state index contributed by atoms with van der Waals surface area (Å²) >= 11 is 0. The molecule has 9 aromatic rings. The molecule has 0 saturated carbocycles. The molecule has 1 aliphatic carbocycles.